The molecule has 1 atom stereocenters. The highest BCUT2D eigenvalue weighted by molar-refractivity contribution is 5.96. The molecule has 1 aromatic heterocycles. The molecule has 4 rings (SSSR count). The lowest BCUT2D eigenvalue weighted by atomic mass is 10.1. The molecule has 0 fully saturated rings. The zero-order valence-corrected chi connectivity index (χ0v) is 15.7. The van der Waals surface area contributed by atoms with Gasteiger partial charge >= 0.3 is 0 Å². The molecular formula is C22H23F2N3O. The summed E-state index contributed by atoms with van der Waals surface area (Å²) < 4.78 is 30.5. The quantitative estimate of drug-likeness (QED) is 0.728. The fourth-order valence-electron chi connectivity index (χ4n) is 4.01. The molecule has 6 heteroatoms. The number of aromatic nitrogens is 1. The number of carbonyl (C=O) groups excluding carboxylic acids is 1. The second-order valence-electron chi connectivity index (χ2n) is 7.26. The number of fused-ring (bicyclic) bond motifs is 4. The monoisotopic (exact) mass is 383 g/mol. The summed E-state index contributed by atoms with van der Waals surface area (Å²) in [4.78, 5) is 19.1. The van der Waals surface area contributed by atoms with Gasteiger partial charge in [-0.2, -0.15) is 0 Å². The molecule has 2 bridgehead atoms. The summed E-state index contributed by atoms with van der Waals surface area (Å²) in [6.45, 7) is 1.14. The van der Waals surface area contributed by atoms with E-state index in [-0.39, 0.29) is 0 Å². The zero-order valence-electron chi connectivity index (χ0n) is 15.7. The van der Waals surface area contributed by atoms with Crippen molar-refractivity contribution in [3.63, 3.8) is 0 Å². The molecule has 1 aromatic carbocycles. The SMILES string of the molecule is O=C(c1c(F)cccc1F)N1CCN=C2C=CCCC(C2)n2cccc2CC1. The molecule has 2 aliphatic rings. The van der Waals surface area contributed by atoms with Gasteiger partial charge in [-0.05, 0) is 43.2 Å². The smallest absolute Gasteiger partial charge is 0.259 e. The van der Waals surface area contributed by atoms with E-state index in [1.807, 2.05) is 6.07 Å². The van der Waals surface area contributed by atoms with Crippen LogP contribution >= 0.6 is 0 Å². The lowest BCUT2D eigenvalue weighted by Gasteiger charge is -2.23. The van der Waals surface area contributed by atoms with Crippen LogP contribution in [0, 0.1) is 11.6 Å². The van der Waals surface area contributed by atoms with Crippen molar-refractivity contribution in [2.75, 3.05) is 19.6 Å². The Labute approximate surface area is 163 Å². The lowest BCUT2D eigenvalue weighted by molar-refractivity contribution is 0.0752. The number of nitrogens with zero attached hydrogens (tertiary/aromatic N) is 3. The van der Waals surface area contributed by atoms with Crippen molar-refractivity contribution in [2.45, 2.75) is 31.7 Å². The Balaban J connectivity index is 1.66. The number of rotatable bonds is 1. The first-order valence-corrected chi connectivity index (χ1v) is 9.72. The number of carbonyl (C=O) groups is 1. The summed E-state index contributed by atoms with van der Waals surface area (Å²) in [6, 6.07) is 7.91. The van der Waals surface area contributed by atoms with E-state index in [1.165, 1.54) is 11.0 Å². The normalized spacial score (nSPS) is 20.0. The van der Waals surface area contributed by atoms with E-state index in [9.17, 15) is 13.6 Å². The van der Waals surface area contributed by atoms with E-state index in [4.69, 9.17) is 0 Å². The molecule has 4 nitrogen and oxygen atoms in total. The maximum atomic E-state index is 14.1. The molecule has 1 unspecified atom stereocenters. The van der Waals surface area contributed by atoms with Gasteiger partial charge in [-0.3, -0.25) is 9.79 Å². The number of hydrogen-bond donors (Lipinski definition) is 0. The molecule has 0 spiro atoms. The molecule has 28 heavy (non-hydrogen) atoms. The summed E-state index contributed by atoms with van der Waals surface area (Å²) in [5.41, 5.74) is 1.64. The first-order valence-electron chi connectivity index (χ1n) is 9.72. The molecule has 0 saturated carbocycles. The summed E-state index contributed by atoms with van der Waals surface area (Å²) in [6.07, 6.45) is 9.82. The van der Waals surface area contributed by atoms with Gasteiger partial charge < -0.3 is 9.47 Å². The Morgan fingerprint density at radius 3 is 2.75 bits per heavy atom. The first kappa shape index (κ1) is 18.6. The fourth-order valence-corrected chi connectivity index (χ4v) is 4.01. The largest absolute Gasteiger partial charge is 0.348 e. The Morgan fingerprint density at radius 2 is 1.93 bits per heavy atom. The molecule has 1 amide bonds. The van der Waals surface area contributed by atoms with Crippen molar-refractivity contribution in [3.05, 3.63) is 71.6 Å². The van der Waals surface area contributed by atoms with Crippen LogP contribution in [0.2, 0.25) is 0 Å². The standard InChI is InChI=1S/C22H23F2N3O/c23-19-8-3-9-20(24)21(19)22(28)26-13-10-17-7-4-12-27(17)18-6-2-1-5-16(15-18)25-11-14-26/h1,3-5,7-9,12,18H,2,6,10-11,13-15H2. The molecule has 2 heterocycles. The van der Waals surface area contributed by atoms with Gasteiger partial charge in [-0.1, -0.05) is 12.1 Å². The van der Waals surface area contributed by atoms with E-state index < -0.39 is 23.1 Å². The maximum absolute atomic E-state index is 14.1. The van der Waals surface area contributed by atoms with Crippen LogP contribution in [0.15, 0.2) is 53.7 Å². The molecular weight excluding hydrogens is 360 g/mol. The molecule has 0 N–H and O–H groups in total. The van der Waals surface area contributed by atoms with Crippen LogP contribution in [0.1, 0.15) is 41.4 Å². The van der Waals surface area contributed by atoms with Gasteiger partial charge in [0.25, 0.3) is 5.91 Å². The van der Waals surface area contributed by atoms with Gasteiger partial charge in [-0.25, -0.2) is 8.78 Å². The molecule has 1 aliphatic carbocycles. The molecule has 0 radical (unpaired) electrons. The predicted molar refractivity (Wildman–Crippen MR) is 105 cm³/mol. The summed E-state index contributed by atoms with van der Waals surface area (Å²) in [5, 5.41) is 0. The van der Waals surface area contributed by atoms with Gasteiger partial charge in [-0.15, -0.1) is 0 Å². The third-order valence-corrected chi connectivity index (χ3v) is 5.47. The lowest BCUT2D eigenvalue weighted by Crippen LogP contribution is -2.36. The van der Waals surface area contributed by atoms with Gasteiger partial charge in [0.15, 0.2) is 0 Å². The average molecular weight is 383 g/mol. The highest BCUT2D eigenvalue weighted by Gasteiger charge is 2.24. The van der Waals surface area contributed by atoms with Crippen LogP contribution in [0.4, 0.5) is 8.78 Å². The third-order valence-electron chi connectivity index (χ3n) is 5.47. The van der Waals surface area contributed by atoms with Crippen molar-refractivity contribution in [2.24, 2.45) is 4.99 Å². The highest BCUT2D eigenvalue weighted by atomic mass is 19.1. The Hall–Kier alpha value is -2.76. The van der Waals surface area contributed by atoms with Crippen LogP contribution in [0.5, 0.6) is 0 Å². The summed E-state index contributed by atoms with van der Waals surface area (Å²) in [5.74, 6) is -2.28. The van der Waals surface area contributed by atoms with Crippen molar-refractivity contribution in [1.82, 2.24) is 9.47 Å². The second kappa shape index (κ2) is 8.09. The van der Waals surface area contributed by atoms with E-state index in [1.54, 1.807) is 0 Å². The summed E-state index contributed by atoms with van der Waals surface area (Å²) in [7, 11) is 0. The molecule has 0 saturated heterocycles. The minimum Gasteiger partial charge on any atom is -0.348 e. The van der Waals surface area contributed by atoms with Crippen molar-refractivity contribution in [1.29, 1.82) is 0 Å². The second-order valence-corrected chi connectivity index (χ2v) is 7.26. The predicted octanol–water partition coefficient (Wildman–Crippen LogP) is 4.19. The van der Waals surface area contributed by atoms with Crippen LogP contribution in [0.25, 0.3) is 0 Å². The van der Waals surface area contributed by atoms with Gasteiger partial charge in [0.2, 0.25) is 0 Å². The number of allylic oxidation sites excluding steroid dienone is 2. The highest BCUT2D eigenvalue weighted by Crippen LogP contribution is 2.26. The Kier molecular flexibility index (Phi) is 5.37. The zero-order chi connectivity index (χ0) is 19.5. The van der Waals surface area contributed by atoms with E-state index in [0.717, 1.165) is 42.8 Å². The van der Waals surface area contributed by atoms with Crippen LogP contribution < -0.4 is 0 Å². The fraction of sp³-hybridized carbons (Fsp3) is 0.364. The number of hydrogen-bond acceptors (Lipinski definition) is 2. The third kappa shape index (κ3) is 3.77. The van der Waals surface area contributed by atoms with Crippen LogP contribution in [0.3, 0.4) is 0 Å². The van der Waals surface area contributed by atoms with E-state index >= 15 is 0 Å². The van der Waals surface area contributed by atoms with E-state index in [0.29, 0.717) is 32.1 Å². The number of amides is 1. The van der Waals surface area contributed by atoms with Crippen LogP contribution in [-0.4, -0.2) is 40.7 Å². The number of halogens is 2. The van der Waals surface area contributed by atoms with Gasteiger partial charge in [0.1, 0.15) is 17.2 Å². The Bertz CT molecular complexity index is 911. The molecule has 146 valence electrons. The Morgan fingerprint density at radius 1 is 1.11 bits per heavy atom. The van der Waals surface area contributed by atoms with Crippen molar-refractivity contribution >= 4 is 11.6 Å². The van der Waals surface area contributed by atoms with Crippen LogP contribution in [-0.2, 0) is 6.42 Å². The van der Waals surface area contributed by atoms with E-state index in [2.05, 4.69) is 34.0 Å². The first-order chi connectivity index (χ1) is 13.6. The summed E-state index contributed by atoms with van der Waals surface area (Å²) >= 11 is 0. The minimum atomic E-state index is -0.829. The average Bonchev–Trinajstić information content (AvgIpc) is 3.00. The van der Waals surface area contributed by atoms with Gasteiger partial charge in [0, 0.05) is 49.6 Å². The van der Waals surface area contributed by atoms with Crippen molar-refractivity contribution in [3.8, 4) is 0 Å². The van der Waals surface area contributed by atoms with Crippen molar-refractivity contribution < 1.29 is 13.6 Å². The number of benzene rings is 1. The maximum Gasteiger partial charge on any atom is 0.259 e. The molecule has 2 aromatic rings. The topological polar surface area (TPSA) is 37.6 Å². The van der Waals surface area contributed by atoms with Gasteiger partial charge in [0.05, 0.1) is 6.54 Å². The molecule has 1 aliphatic heterocycles. The minimum absolute atomic E-state index is 0.329. The number of aliphatic imine (C=N–C) groups is 1.